The van der Waals surface area contributed by atoms with E-state index in [9.17, 15) is 4.79 Å². The molecule has 1 amide bonds. The first-order valence-corrected chi connectivity index (χ1v) is 11.1. The van der Waals surface area contributed by atoms with Crippen LogP contribution in [0.2, 0.25) is 0 Å². The van der Waals surface area contributed by atoms with Crippen molar-refractivity contribution in [1.29, 1.82) is 0 Å². The highest BCUT2D eigenvalue weighted by Crippen LogP contribution is 2.22. The summed E-state index contributed by atoms with van der Waals surface area (Å²) in [5.74, 6) is 0.802. The lowest BCUT2D eigenvalue weighted by molar-refractivity contribution is 0.143. The van der Waals surface area contributed by atoms with Crippen LogP contribution in [0.25, 0.3) is 11.3 Å². The highest BCUT2D eigenvalue weighted by Gasteiger charge is 2.14. The van der Waals surface area contributed by atoms with Gasteiger partial charge in [0.15, 0.2) is 11.1 Å². The van der Waals surface area contributed by atoms with Gasteiger partial charge in [0.25, 0.3) is 0 Å². The summed E-state index contributed by atoms with van der Waals surface area (Å²) in [6.45, 7) is 2.25. The normalized spacial score (nSPS) is 13.0. The van der Waals surface area contributed by atoms with Gasteiger partial charge in [-0.2, -0.15) is 0 Å². The fourth-order valence-corrected chi connectivity index (χ4v) is 3.85. The number of unbranched alkanes of at least 4 members (excludes halogenated alkanes) is 1. The average molecular weight is 455 g/mol. The first kappa shape index (κ1) is 22.0. The summed E-state index contributed by atoms with van der Waals surface area (Å²) in [5, 5.41) is 6.24. The molecule has 0 bridgehead atoms. The van der Waals surface area contributed by atoms with Crippen molar-refractivity contribution < 1.29 is 9.53 Å². The zero-order valence-corrected chi connectivity index (χ0v) is 18.8. The molecule has 1 aliphatic heterocycles. The number of aryl methyl sites for hydroxylation is 2. The molecule has 0 spiro atoms. The Balaban J connectivity index is 1.18. The fraction of sp³-hybridized carbons (Fsp3) is 0.348. The molecule has 0 saturated carbocycles. The Kier molecular flexibility index (Phi) is 7.11. The van der Waals surface area contributed by atoms with Crippen molar-refractivity contribution in [1.82, 2.24) is 24.8 Å². The zero-order valence-electron chi connectivity index (χ0n) is 18.1. The van der Waals surface area contributed by atoms with Gasteiger partial charge in [-0.05, 0) is 53.8 Å². The molecular weight excluding hydrogens is 428 g/mol. The summed E-state index contributed by atoms with van der Waals surface area (Å²) in [6, 6.07) is 12.2. The molecule has 0 saturated heterocycles. The summed E-state index contributed by atoms with van der Waals surface area (Å²) in [4.78, 5) is 20.9. The van der Waals surface area contributed by atoms with Gasteiger partial charge in [0.05, 0.1) is 18.6 Å². The van der Waals surface area contributed by atoms with Crippen LogP contribution in [0, 0.1) is 0 Å². The third kappa shape index (κ3) is 5.50. The zero-order chi connectivity index (χ0) is 22.3. The van der Waals surface area contributed by atoms with Crippen LogP contribution in [-0.2, 0) is 31.3 Å². The second-order valence-corrected chi connectivity index (χ2v) is 8.05. The lowest BCUT2D eigenvalue weighted by Crippen LogP contribution is -2.24. The Hall–Kier alpha value is -3.26. The summed E-state index contributed by atoms with van der Waals surface area (Å²) < 4.78 is 9.38. The number of carbonyl (C=O) groups excluding carboxylic acids is 1. The highest BCUT2D eigenvalue weighted by atomic mass is 35.5. The molecule has 1 aliphatic rings. The van der Waals surface area contributed by atoms with Gasteiger partial charge >= 0.3 is 6.09 Å². The van der Waals surface area contributed by atoms with E-state index in [0.29, 0.717) is 18.4 Å². The minimum atomic E-state index is -0.409. The molecule has 3 aromatic rings. The van der Waals surface area contributed by atoms with Crippen LogP contribution in [0.4, 0.5) is 10.6 Å². The Morgan fingerprint density at radius 2 is 2.19 bits per heavy atom. The van der Waals surface area contributed by atoms with Crippen LogP contribution < -0.4 is 10.6 Å². The van der Waals surface area contributed by atoms with Gasteiger partial charge in [0.2, 0.25) is 0 Å². The molecule has 4 rings (SSSR count). The van der Waals surface area contributed by atoms with Crippen molar-refractivity contribution in [2.24, 2.45) is 12.0 Å². The number of rotatable bonds is 8. The summed E-state index contributed by atoms with van der Waals surface area (Å²) in [6.07, 6.45) is 5.78. The Morgan fingerprint density at radius 3 is 3.03 bits per heavy atom. The number of amidine groups is 1. The molecule has 0 radical (unpaired) electrons. The van der Waals surface area contributed by atoms with Crippen LogP contribution >= 0.6 is 11.6 Å². The standard InChI is InChI=1S/C23H27ClN6O2/c1-29-11-5-8-20(29)18-7-4-6-17(14-18)15-26-23(31)32-13-3-2-12-30-16-27-19-9-10-25-22(24)28-21(19)30/h4-8,11,14,16H,2-3,9-10,12-13,15H2,1H3,(H,25,28)(H,26,31). The maximum Gasteiger partial charge on any atom is 0.407 e. The third-order valence-electron chi connectivity index (χ3n) is 5.35. The molecule has 2 aromatic heterocycles. The minimum absolute atomic E-state index is 0.359. The van der Waals surface area contributed by atoms with Crippen LogP contribution in [-0.4, -0.2) is 38.7 Å². The number of ether oxygens (including phenoxy) is 1. The molecule has 32 heavy (non-hydrogen) atoms. The Labute approximate surface area is 192 Å². The molecule has 0 unspecified atom stereocenters. The second kappa shape index (κ2) is 10.4. The van der Waals surface area contributed by atoms with E-state index in [4.69, 9.17) is 16.3 Å². The van der Waals surface area contributed by atoms with E-state index in [1.165, 1.54) is 0 Å². The maximum atomic E-state index is 12.0. The molecule has 0 fully saturated rings. The lowest BCUT2D eigenvalue weighted by atomic mass is 10.1. The van der Waals surface area contributed by atoms with Crippen LogP contribution in [0.1, 0.15) is 24.1 Å². The van der Waals surface area contributed by atoms with E-state index >= 15 is 0 Å². The van der Waals surface area contributed by atoms with Crippen molar-refractivity contribution in [2.45, 2.75) is 32.4 Å². The molecule has 8 nitrogen and oxygen atoms in total. The van der Waals surface area contributed by atoms with E-state index in [-0.39, 0.29) is 0 Å². The summed E-state index contributed by atoms with van der Waals surface area (Å²) in [7, 11) is 2.01. The molecule has 0 atom stereocenters. The number of imidazole rings is 1. The number of amides is 1. The van der Waals surface area contributed by atoms with Gasteiger partial charge in [-0.25, -0.2) is 14.8 Å². The number of hydrogen-bond donors (Lipinski definition) is 2. The molecule has 168 valence electrons. The van der Waals surface area contributed by atoms with Crippen LogP contribution in [0.5, 0.6) is 0 Å². The van der Waals surface area contributed by atoms with Crippen LogP contribution in [0.15, 0.2) is 53.9 Å². The third-order valence-corrected chi connectivity index (χ3v) is 5.57. The molecule has 9 heteroatoms. The smallest absolute Gasteiger partial charge is 0.407 e. The number of nitrogens with zero attached hydrogens (tertiary/aromatic N) is 4. The maximum absolute atomic E-state index is 12.0. The summed E-state index contributed by atoms with van der Waals surface area (Å²) in [5.41, 5.74) is 4.22. The van der Waals surface area contributed by atoms with Crippen molar-refractivity contribution in [3.63, 3.8) is 0 Å². The van der Waals surface area contributed by atoms with E-state index in [1.54, 1.807) is 6.33 Å². The van der Waals surface area contributed by atoms with Crippen molar-refractivity contribution in [2.75, 3.05) is 13.2 Å². The highest BCUT2D eigenvalue weighted by molar-refractivity contribution is 6.64. The van der Waals surface area contributed by atoms with Crippen molar-refractivity contribution in [3.05, 3.63) is 60.2 Å². The topological polar surface area (TPSA) is 85.5 Å². The SMILES string of the molecule is Cn1cccc1-c1cccc(CNC(=O)OCCCCn2cnc3c2N=C(Cl)NCC3)c1. The second-order valence-electron chi connectivity index (χ2n) is 7.69. The van der Waals surface area contributed by atoms with E-state index in [1.807, 2.05) is 36.0 Å². The number of aliphatic imine (C=N–C) groups is 1. The number of hydrogen-bond acceptors (Lipinski definition) is 5. The van der Waals surface area contributed by atoms with E-state index in [2.05, 4.69) is 43.4 Å². The fourth-order valence-electron chi connectivity index (χ4n) is 3.68. The number of alkyl carbamates (subject to hydrolysis) is 1. The lowest BCUT2D eigenvalue weighted by Gasteiger charge is -2.09. The van der Waals surface area contributed by atoms with Crippen LogP contribution in [0.3, 0.4) is 0 Å². The number of nitrogens with one attached hydrogen (secondary N) is 2. The van der Waals surface area contributed by atoms with Gasteiger partial charge in [-0.1, -0.05) is 18.2 Å². The molecule has 2 N–H and O–H groups in total. The quantitative estimate of drug-likeness (QED) is 0.398. The molecular formula is C23H27ClN6O2. The molecule has 1 aromatic carbocycles. The first-order chi connectivity index (χ1) is 15.6. The minimum Gasteiger partial charge on any atom is -0.450 e. The number of halogens is 1. The van der Waals surface area contributed by atoms with Crippen molar-refractivity contribution in [3.8, 4) is 11.3 Å². The van der Waals surface area contributed by atoms with Gasteiger partial charge in [-0.3, -0.25) is 0 Å². The largest absolute Gasteiger partial charge is 0.450 e. The van der Waals surface area contributed by atoms with E-state index < -0.39 is 6.09 Å². The predicted molar refractivity (Wildman–Crippen MR) is 125 cm³/mol. The Morgan fingerprint density at radius 1 is 1.28 bits per heavy atom. The number of benzene rings is 1. The van der Waals surface area contributed by atoms with Gasteiger partial charge in [0, 0.05) is 45.0 Å². The number of fused-ring (bicyclic) bond motifs is 1. The number of aromatic nitrogens is 3. The molecule has 3 heterocycles. The van der Waals surface area contributed by atoms with Gasteiger partial charge in [0.1, 0.15) is 0 Å². The Bertz CT molecular complexity index is 1100. The monoisotopic (exact) mass is 454 g/mol. The van der Waals surface area contributed by atoms with E-state index in [0.717, 1.165) is 60.7 Å². The van der Waals surface area contributed by atoms with Gasteiger partial charge < -0.3 is 24.5 Å². The summed E-state index contributed by atoms with van der Waals surface area (Å²) >= 11 is 6.04. The first-order valence-electron chi connectivity index (χ1n) is 10.7. The predicted octanol–water partition coefficient (Wildman–Crippen LogP) is 3.97. The van der Waals surface area contributed by atoms with Crippen molar-refractivity contribution >= 4 is 28.8 Å². The van der Waals surface area contributed by atoms with Gasteiger partial charge in [-0.15, -0.1) is 0 Å². The average Bonchev–Trinajstić information content (AvgIpc) is 3.33. The number of carbonyl (C=O) groups is 1. The molecule has 0 aliphatic carbocycles.